The lowest BCUT2D eigenvalue weighted by Crippen LogP contribution is -2.37. The molecular formula is C22H26N2O3. The number of ether oxygens (including phenoxy) is 1. The molecule has 3 rings (SSSR count). The van der Waals surface area contributed by atoms with E-state index in [9.17, 15) is 9.59 Å². The number of likely N-dealkylation sites (tertiary alicyclic amines) is 1. The van der Waals surface area contributed by atoms with Gasteiger partial charge in [-0.25, -0.2) is 0 Å². The monoisotopic (exact) mass is 366 g/mol. The molecule has 2 amide bonds. The van der Waals surface area contributed by atoms with Gasteiger partial charge >= 0.3 is 0 Å². The molecule has 0 spiro atoms. The second-order valence-corrected chi connectivity index (χ2v) is 7.01. The van der Waals surface area contributed by atoms with Gasteiger partial charge in [-0.1, -0.05) is 24.3 Å². The molecule has 0 radical (unpaired) electrons. The van der Waals surface area contributed by atoms with Crippen molar-refractivity contribution >= 4 is 17.5 Å². The van der Waals surface area contributed by atoms with Gasteiger partial charge in [0.15, 0.2) is 0 Å². The van der Waals surface area contributed by atoms with E-state index in [1.54, 1.807) is 14.0 Å². The number of rotatable bonds is 5. The minimum atomic E-state index is 0.0328. The molecule has 1 aliphatic rings. The Kier molecular flexibility index (Phi) is 6.12. The Morgan fingerprint density at radius 2 is 1.78 bits per heavy atom. The zero-order chi connectivity index (χ0) is 19.2. The molecule has 0 aliphatic carbocycles. The molecule has 1 saturated heterocycles. The molecule has 0 atom stereocenters. The van der Waals surface area contributed by atoms with Crippen molar-refractivity contribution in [1.82, 2.24) is 4.90 Å². The summed E-state index contributed by atoms with van der Waals surface area (Å²) in [5, 5.41) is 2.98. The van der Waals surface area contributed by atoms with E-state index in [2.05, 4.69) is 5.32 Å². The average Bonchev–Trinajstić information content (AvgIpc) is 2.69. The lowest BCUT2D eigenvalue weighted by molar-refractivity contribution is -0.130. The van der Waals surface area contributed by atoms with Crippen LogP contribution in [-0.4, -0.2) is 36.9 Å². The van der Waals surface area contributed by atoms with Gasteiger partial charge in [-0.3, -0.25) is 9.59 Å². The third-order valence-corrected chi connectivity index (χ3v) is 5.11. The zero-order valence-corrected chi connectivity index (χ0v) is 15.9. The molecule has 2 aromatic rings. The number of benzene rings is 2. The van der Waals surface area contributed by atoms with Gasteiger partial charge in [0, 0.05) is 32.1 Å². The number of methoxy groups -OCH3 is 1. The van der Waals surface area contributed by atoms with Crippen LogP contribution in [0.3, 0.4) is 0 Å². The lowest BCUT2D eigenvalue weighted by Gasteiger charge is -2.30. The van der Waals surface area contributed by atoms with Gasteiger partial charge in [-0.2, -0.15) is 0 Å². The van der Waals surface area contributed by atoms with Crippen molar-refractivity contribution in [2.24, 2.45) is 5.92 Å². The van der Waals surface area contributed by atoms with Gasteiger partial charge in [0.2, 0.25) is 11.8 Å². The summed E-state index contributed by atoms with van der Waals surface area (Å²) in [5.41, 5.74) is 2.95. The summed E-state index contributed by atoms with van der Waals surface area (Å²) in [7, 11) is 1.65. The van der Waals surface area contributed by atoms with Gasteiger partial charge < -0.3 is 15.0 Å². The third-order valence-electron chi connectivity index (χ3n) is 5.11. The topological polar surface area (TPSA) is 58.6 Å². The van der Waals surface area contributed by atoms with E-state index in [1.807, 2.05) is 53.4 Å². The summed E-state index contributed by atoms with van der Waals surface area (Å²) >= 11 is 0. The number of carbonyl (C=O) groups is 2. The second-order valence-electron chi connectivity index (χ2n) is 7.01. The van der Waals surface area contributed by atoms with E-state index in [0.29, 0.717) is 12.3 Å². The van der Waals surface area contributed by atoms with Crippen molar-refractivity contribution in [1.29, 1.82) is 0 Å². The van der Waals surface area contributed by atoms with E-state index < -0.39 is 0 Å². The van der Waals surface area contributed by atoms with Crippen molar-refractivity contribution in [2.75, 3.05) is 25.5 Å². The molecule has 5 heteroatoms. The maximum absolute atomic E-state index is 12.3. The van der Waals surface area contributed by atoms with Crippen molar-refractivity contribution in [3.63, 3.8) is 0 Å². The molecule has 0 unspecified atom stereocenters. The Balaban J connectivity index is 1.53. The highest BCUT2D eigenvalue weighted by molar-refractivity contribution is 5.91. The van der Waals surface area contributed by atoms with Crippen LogP contribution in [0.2, 0.25) is 0 Å². The quantitative estimate of drug-likeness (QED) is 0.872. The number of anilines is 1. The van der Waals surface area contributed by atoms with Crippen LogP contribution in [0.25, 0.3) is 11.1 Å². The molecule has 27 heavy (non-hydrogen) atoms. The molecule has 1 fully saturated rings. The Bertz CT molecular complexity index is 793. The van der Waals surface area contributed by atoms with E-state index in [-0.39, 0.29) is 11.8 Å². The molecule has 0 bridgehead atoms. The first-order valence-electron chi connectivity index (χ1n) is 9.35. The van der Waals surface area contributed by atoms with Crippen molar-refractivity contribution in [2.45, 2.75) is 26.2 Å². The van der Waals surface area contributed by atoms with Crippen LogP contribution in [0.5, 0.6) is 5.75 Å². The highest BCUT2D eigenvalue weighted by atomic mass is 16.5. The highest BCUT2D eigenvalue weighted by Gasteiger charge is 2.22. The lowest BCUT2D eigenvalue weighted by atomic mass is 9.93. The molecule has 2 aromatic carbocycles. The second kappa shape index (κ2) is 8.71. The van der Waals surface area contributed by atoms with E-state index in [0.717, 1.165) is 48.5 Å². The molecule has 1 N–H and O–H groups in total. The number of nitrogens with zero attached hydrogens (tertiary/aromatic N) is 1. The summed E-state index contributed by atoms with van der Waals surface area (Å²) in [4.78, 5) is 25.6. The molecule has 1 heterocycles. The fourth-order valence-electron chi connectivity index (χ4n) is 3.47. The summed E-state index contributed by atoms with van der Waals surface area (Å²) in [5.74, 6) is 1.32. The Morgan fingerprint density at radius 3 is 2.41 bits per heavy atom. The first-order valence-corrected chi connectivity index (χ1v) is 9.35. The van der Waals surface area contributed by atoms with Crippen LogP contribution in [-0.2, 0) is 9.59 Å². The van der Waals surface area contributed by atoms with Crippen LogP contribution in [0.4, 0.5) is 5.69 Å². The molecule has 1 aliphatic heterocycles. The summed E-state index contributed by atoms with van der Waals surface area (Å²) in [6.07, 6.45) is 2.28. The highest BCUT2D eigenvalue weighted by Crippen LogP contribution is 2.26. The standard InChI is InChI=1S/C22H26N2O3/c1-16(25)24-12-10-17(11-13-24)14-22(26)23-20-8-6-18(7-9-20)19-4-3-5-21(15-19)27-2/h3-9,15,17H,10-14H2,1-2H3,(H,23,26). The van der Waals surface area contributed by atoms with Gasteiger partial charge in [-0.15, -0.1) is 0 Å². The fraction of sp³-hybridized carbons (Fsp3) is 0.364. The number of hydrogen-bond donors (Lipinski definition) is 1. The van der Waals surface area contributed by atoms with Crippen LogP contribution in [0.1, 0.15) is 26.2 Å². The minimum absolute atomic E-state index is 0.0328. The number of nitrogens with one attached hydrogen (secondary N) is 1. The molecule has 0 aromatic heterocycles. The van der Waals surface area contributed by atoms with Crippen molar-refractivity contribution in [3.8, 4) is 16.9 Å². The number of amides is 2. The first-order chi connectivity index (χ1) is 13.0. The Morgan fingerprint density at radius 1 is 1.07 bits per heavy atom. The van der Waals surface area contributed by atoms with Gasteiger partial charge in [0.1, 0.15) is 5.75 Å². The maximum Gasteiger partial charge on any atom is 0.224 e. The van der Waals surface area contributed by atoms with E-state index in [1.165, 1.54) is 0 Å². The van der Waals surface area contributed by atoms with E-state index >= 15 is 0 Å². The van der Waals surface area contributed by atoms with Crippen LogP contribution in [0.15, 0.2) is 48.5 Å². The largest absolute Gasteiger partial charge is 0.497 e. The molecular weight excluding hydrogens is 340 g/mol. The fourth-order valence-corrected chi connectivity index (χ4v) is 3.47. The van der Waals surface area contributed by atoms with Gasteiger partial charge in [0.25, 0.3) is 0 Å². The van der Waals surface area contributed by atoms with Crippen LogP contribution >= 0.6 is 0 Å². The summed E-state index contributed by atoms with van der Waals surface area (Å²) < 4.78 is 5.27. The van der Waals surface area contributed by atoms with E-state index in [4.69, 9.17) is 4.74 Å². The number of carbonyl (C=O) groups excluding carboxylic acids is 2. The van der Waals surface area contributed by atoms with Crippen molar-refractivity contribution < 1.29 is 14.3 Å². The number of piperidine rings is 1. The maximum atomic E-state index is 12.3. The first kappa shape index (κ1) is 19.0. The Hall–Kier alpha value is -2.82. The molecule has 142 valence electrons. The third kappa shape index (κ3) is 5.09. The van der Waals surface area contributed by atoms with Crippen LogP contribution < -0.4 is 10.1 Å². The minimum Gasteiger partial charge on any atom is -0.497 e. The van der Waals surface area contributed by atoms with Gasteiger partial charge in [0.05, 0.1) is 7.11 Å². The predicted molar refractivity (Wildman–Crippen MR) is 107 cm³/mol. The molecule has 0 saturated carbocycles. The normalized spacial score (nSPS) is 14.7. The van der Waals surface area contributed by atoms with Gasteiger partial charge in [-0.05, 0) is 54.2 Å². The predicted octanol–water partition coefficient (Wildman–Crippen LogP) is 3.95. The number of hydrogen-bond acceptors (Lipinski definition) is 3. The summed E-state index contributed by atoms with van der Waals surface area (Å²) in [6.45, 7) is 3.10. The van der Waals surface area contributed by atoms with Crippen LogP contribution in [0, 0.1) is 5.92 Å². The SMILES string of the molecule is COc1cccc(-c2ccc(NC(=O)CC3CCN(C(C)=O)CC3)cc2)c1. The Labute approximate surface area is 160 Å². The summed E-state index contributed by atoms with van der Waals surface area (Å²) in [6, 6.07) is 15.7. The zero-order valence-electron chi connectivity index (χ0n) is 15.9. The molecule has 5 nitrogen and oxygen atoms in total. The average molecular weight is 366 g/mol. The smallest absolute Gasteiger partial charge is 0.224 e. The van der Waals surface area contributed by atoms with Crippen molar-refractivity contribution in [3.05, 3.63) is 48.5 Å².